The number of ether oxygens (including phenoxy) is 1. The molecule has 0 aliphatic carbocycles. The highest BCUT2D eigenvalue weighted by molar-refractivity contribution is 5.92. The smallest absolute Gasteiger partial charge is 0.475 e. The number of carboxylic acids is 1. The molecule has 2 saturated heterocycles. The van der Waals surface area contributed by atoms with Gasteiger partial charge in [0, 0.05) is 31.1 Å². The average Bonchev–Trinajstić information content (AvgIpc) is 3.51. The fraction of sp³-hybridized carbons (Fsp3) is 0.382. The van der Waals surface area contributed by atoms with Crippen LogP contribution in [0, 0.1) is 18.3 Å². The molecular weight excluding hydrogens is 657 g/mol. The number of likely N-dealkylation sites (N-methyl/N-ethyl adjacent to an activating group) is 1. The van der Waals surface area contributed by atoms with Gasteiger partial charge in [-0.3, -0.25) is 14.2 Å². The van der Waals surface area contributed by atoms with Crippen molar-refractivity contribution in [1.82, 2.24) is 29.3 Å². The Bertz CT molecular complexity index is 2020. The fourth-order valence-corrected chi connectivity index (χ4v) is 6.21. The van der Waals surface area contributed by atoms with Crippen LogP contribution in [0.4, 0.5) is 19.0 Å². The van der Waals surface area contributed by atoms with Gasteiger partial charge in [-0.15, -0.1) is 0 Å². The van der Waals surface area contributed by atoms with Crippen LogP contribution in [0.1, 0.15) is 25.1 Å². The summed E-state index contributed by atoms with van der Waals surface area (Å²) in [5, 5.41) is 18.6. The van der Waals surface area contributed by atoms with E-state index in [0.717, 1.165) is 35.8 Å². The van der Waals surface area contributed by atoms with E-state index in [4.69, 9.17) is 24.6 Å². The monoisotopic (exact) mass is 692 g/mol. The highest BCUT2D eigenvalue weighted by Crippen LogP contribution is 2.29. The van der Waals surface area contributed by atoms with Gasteiger partial charge in [0.2, 0.25) is 5.91 Å². The van der Waals surface area contributed by atoms with E-state index in [2.05, 4.69) is 29.6 Å². The molecule has 0 saturated carbocycles. The van der Waals surface area contributed by atoms with Crippen molar-refractivity contribution >= 4 is 39.5 Å². The normalized spacial score (nSPS) is 18.0. The number of alkyl halides is 3. The number of carbonyl (C=O) groups is 2. The van der Waals surface area contributed by atoms with Crippen LogP contribution in [-0.4, -0.2) is 104 Å². The summed E-state index contributed by atoms with van der Waals surface area (Å²) in [4.78, 5) is 55.9. The van der Waals surface area contributed by atoms with E-state index < -0.39 is 12.1 Å². The molecule has 2 aliphatic rings. The number of likely N-dealkylation sites (tertiary alicyclic amines) is 1. The molecule has 2 aromatic heterocycles. The zero-order chi connectivity index (χ0) is 36.2. The van der Waals surface area contributed by atoms with Crippen molar-refractivity contribution in [3.8, 4) is 17.8 Å². The quantitative estimate of drug-likeness (QED) is 0.281. The lowest BCUT2D eigenvalue weighted by Crippen LogP contribution is -2.55. The number of aliphatic carboxylic acids is 1. The van der Waals surface area contributed by atoms with E-state index in [1.165, 1.54) is 6.08 Å². The van der Waals surface area contributed by atoms with Crippen LogP contribution in [0.15, 0.2) is 59.9 Å². The predicted molar refractivity (Wildman–Crippen MR) is 178 cm³/mol. The minimum atomic E-state index is -5.08. The Labute approximate surface area is 284 Å². The maximum absolute atomic E-state index is 14.3. The van der Waals surface area contributed by atoms with E-state index in [-0.39, 0.29) is 41.5 Å². The molecule has 1 N–H and O–H groups in total. The number of rotatable bonds is 7. The SMILES string of the molecule is C=CC(=O)N1CCN(c2nc(OCC3CCCN3C)nc3c(=O)n(-c4cccc5ccccc45)c(C)nc23)CC1CC#N.O=C(O)C(F)(F)F. The third-order valence-electron chi connectivity index (χ3n) is 8.74. The van der Waals surface area contributed by atoms with Crippen LogP contribution in [0.25, 0.3) is 27.5 Å². The van der Waals surface area contributed by atoms with Crippen LogP contribution in [-0.2, 0) is 9.59 Å². The zero-order valence-electron chi connectivity index (χ0n) is 27.4. The number of nitriles is 1. The third kappa shape index (κ3) is 7.52. The number of piperazine rings is 1. The summed E-state index contributed by atoms with van der Waals surface area (Å²) in [7, 11) is 2.07. The predicted octanol–water partition coefficient (Wildman–Crippen LogP) is 3.86. The molecule has 4 aromatic rings. The molecule has 2 aromatic carbocycles. The molecule has 2 atom stereocenters. The Kier molecular flexibility index (Phi) is 10.7. The molecule has 4 heterocycles. The number of nitrogens with zero attached hydrogens (tertiary/aromatic N) is 8. The number of carboxylic acid groups (broad SMARTS) is 1. The topological polar surface area (TPSA) is 158 Å². The zero-order valence-corrected chi connectivity index (χ0v) is 27.4. The summed E-state index contributed by atoms with van der Waals surface area (Å²) >= 11 is 0. The van der Waals surface area contributed by atoms with Crippen molar-refractivity contribution in [2.45, 2.75) is 44.4 Å². The van der Waals surface area contributed by atoms with Crippen molar-refractivity contribution in [3.63, 3.8) is 0 Å². The van der Waals surface area contributed by atoms with E-state index in [1.807, 2.05) is 47.4 Å². The number of hydrogen-bond donors (Lipinski definition) is 1. The molecule has 0 radical (unpaired) electrons. The van der Waals surface area contributed by atoms with Crippen molar-refractivity contribution in [2.24, 2.45) is 0 Å². The number of benzene rings is 2. The molecule has 2 fully saturated rings. The number of fused-ring (bicyclic) bond motifs is 2. The first-order valence-electron chi connectivity index (χ1n) is 15.8. The summed E-state index contributed by atoms with van der Waals surface area (Å²) < 4.78 is 39.5. The number of anilines is 1. The minimum Gasteiger partial charge on any atom is -0.475 e. The number of carbonyl (C=O) groups excluding carboxylic acids is 1. The molecule has 6 rings (SSSR count). The Hall–Kier alpha value is -5.56. The van der Waals surface area contributed by atoms with Crippen molar-refractivity contribution in [3.05, 3.63) is 71.3 Å². The van der Waals surface area contributed by atoms with Crippen LogP contribution < -0.4 is 15.2 Å². The van der Waals surface area contributed by atoms with E-state index in [0.29, 0.717) is 43.4 Å². The summed E-state index contributed by atoms with van der Waals surface area (Å²) in [6.45, 7) is 7.97. The molecule has 262 valence electrons. The van der Waals surface area contributed by atoms with Crippen molar-refractivity contribution < 1.29 is 32.6 Å². The summed E-state index contributed by atoms with van der Waals surface area (Å²) in [5.74, 6) is -2.02. The first kappa shape index (κ1) is 35.7. The van der Waals surface area contributed by atoms with Crippen LogP contribution in [0.3, 0.4) is 0 Å². The standard InChI is InChI=1S/C32H34N8O3.C2HF3O2/c1-4-27(41)39-18-17-38(19-23(39)14-15-33)30-28-29(35-32(36-30)43-20-24-11-8-16-37(24)3)31(42)40(21(2)34-28)26-13-7-10-22-9-5-6-12-25(22)26;3-2(4,5)1(6)7/h4-7,9-10,12-13,23-24H,1,8,11,14,16-20H2,2-3H3;(H,6,7). The molecule has 0 bridgehead atoms. The largest absolute Gasteiger partial charge is 0.490 e. The molecule has 2 unspecified atom stereocenters. The first-order valence-corrected chi connectivity index (χ1v) is 15.8. The lowest BCUT2D eigenvalue weighted by Gasteiger charge is -2.40. The summed E-state index contributed by atoms with van der Waals surface area (Å²) in [6.07, 6.45) is -1.55. The molecule has 2 aliphatic heterocycles. The Morgan fingerprint density at radius 3 is 2.46 bits per heavy atom. The Balaban J connectivity index is 0.000000630. The van der Waals surface area contributed by atoms with E-state index in [9.17, 15) is 28.0 Å². The fourth-order valence-electron chi connectivity index (χ4n) is 6.21. The lowest BCUT2D eigenvalue weighted by molar-refractivity contribution is -0.192. The first-order chi connectivity index (χ1) is 23.8. The second-order valence-electron chi connectivity index (χ2n) is 11.9. The molecule has 16 heteroatoms. The number of amides is 1. The van der Waals surface area contributed by atoms with Gasteiger partial charge in [0.25, 0.3) is 5.56 Å². The van der Waals surface area contributed by atoms with Gasteiger partial charge in [-0.25, -0.2) is 9.78 Å². The summed E-state index contributed by atoms with van der Waals surface area (Å²) in [5.41, 5.74) is 0.915. The van der Waals surface area contributed by atoms with Gasteiger partial charge in [0.05, 0.1) is 24.2 Å². The maximum atomic E-state index is 14.3. The van der Waals surface area contributed by atoms with Gasteiger partial charge in [-0.05, 0) is 50.9 Å². The van der Waals surface area contributed by atoms with E-state index in [1.54, 1.807) is 16.4 Å². The van der Waals surface area contributed by atoms with E-state index >= 15 is 0 Å². The van der Waals surface area contributed by atoms with Gasteiger partial charge in [0.15, 0.2) is 11.3 Å². The molecule has 1 amide bonds. The Morgan fingerprint density at radius 1 is 1.08 bits per heavy atom. The molecule has 50 heavy (non-hydrogen) atoms. The molecule has 13 nitrogen and oxygen atoms in total. The Morgan fingerprint density at radius 2 is 1.80 bits per heavy atom. The number of aromatic nitrogens is 4. The maximum Gasteiger partial charge on any atom is 0.490 e. The minimum absolute atomic E-state index is 0.108. The van der Waals surface area contributed by atoms with Gasteiger partial charge in [-0.1, -0.05) is 43.0 Å². The number of halogens is 3. The number of hydrogen-bond acceptors (Lipinski definition) is 10. The second-order valence-corrected chi connectivity index (χ2v) is 11.9. The lowest BCUT2D eigenvalue weighted by atomic mass is 10.1. The van der Waals surface area contributed by atoms with Gasteiger partial charge < -0.3 is 24.5 Å². The van der Waals surface area contributed by atoms with Gasteiger partial charge >= 0.3 is 18.2 Å². The van der Waals surface area contributed by atoms with Crippen LogP contribution >= 0.6 is 0 Å². The third-order valence-corrected chi connectivity index (χ3v) is 8.74. The molecular formula is C34H35F3N8O5. The van der Waals surface area contributed by atoms with Crippen molar-refractivity contribution in [2.75, 3.05) is 44.7 Å². The highest BCUT2D eigenvalue weighted by atomic mass is 19.4. The van der Waals surface area contributed by atoms with Gasteiger partial charge in [-0.2, -0.15) is 28.4 Å². The molecule has 0 spiro atoms. The average molecular weight is 693 g/mol. The highest BCUT2D eigenvalue weighted by Gasteiger charge is 2.38. The van der Waals surface area contributed by atoms with Crippen LogP contribution in [0.2, 0.25) is 0 Å². The second kappa shape index (κ2) is 14.9. The summed E-state index contributed by atoms with van der Waals surface area (Å²) in [6, 6.07) is 15.9. The number of aryl methyl sites for hydroxylation is 1. The van der Waals surface area contributed by atoms with Gasteiger partial charge in [0.1, 0.15) is 17.9 Å². The van der Waals surface area contributed by atoms with Crippen LogP contribution in [0.5, 0.6) is 6.01 Å². The van der Waals surface area contributed by atoms with Crippen molar-refractivity contribution in [1.29, 1.82) is 5.26 Å².